The van der Waals surface area contributed by atoms with Crippen LogP contribution in [0.1, 0.15) is 38.8 Å². The number of hydrogen-bond acceptors (Lipinski definition) is 8. The fraction of sp³-hybridized carbons (Fsp3) is 0.333. The molecule has 2 aromatic carbocycles. The number of fused-ring (bicyclic) bond motifs is 2. The first-order valence-corrected chi connectivity index (χ1v) is 16.2. The highest BCUT2D eigenvalue weighted by Crippen LogP contribution is 2.25. The molecule has 0 radical (unpaired) electrons. The van der Waals surface area contributed by atoms with E-state index in [9.17, 15) is 18.4 Å². The van der Waals surface area contributed by atoms with Crippen molar-refractivity contribution in [1.29, 1.82) is 0 Å². The Morgan fingerprint density at radius 1 is 0.667 bits per heavy atom. The molecule has 4 aromatic rings. The highest BCUT2D eigenvalue weighted by Gasteiger charge is 2.12. The van der Waals surface area contributed by atoms with Crippen LogP contribution in [0.4, 0.5) is 8.78 Å². The van der Waals surface area contributed by atoms with Crippen molar-refractivity contribution in [1.82, 2.24) is 9.80 Å². The summed E-state index contributed by atoms with van der Waals surface area (Å²) in [5.74, 6) is 0.324. The molecular formula is C30H32F2N2O4S4. The zero-order chi connectivity index (χ0) is 30.8. The predicted molar refractivity (Wildman–Crippen MR) is 179 cm³/mol. The van der Waals surface area contributed by atoms with Crippen molar-refractivity contribution >= 4 is 78.5 Å². The molecule has 0 fully saturated rings. The van der Waals surface area contributed by atoms with E-state index < -0.39 is 11.3 Å². The molecule has 0 saturated carbocycles. The molecular weight excluding hydrogens is 619 g/mol. The van der Waals surface area contributed by atoms with E-state index in [1.54, 1.807) is 0 Å². The number of hydrogen-bond donors (Lipinski definition) is 0. The van der Waals surface area contributed by atoms with Crippen molar-refractivity contribution in [3.63, 3.8) is 0 Å². The average Bonchev–Trinajstić information content (AvgIpc) is 2.96. The van der Waals surface area contributed by atoms with Crippen molar-refractivity contribution in [2.75, 3.05) is 26.2 Å². The van der Waals surface area contributed by atoms with E-state index in [0.29, 0.717) is 33.4 Å². The van der Waals surface area contributed by atoms with E-state index in [-0.39, 0.29) is 11.6 Å². The second-order valence-corrected chi connectivity index (χ2v) is 12.1. The van der Waals surface area contributed by atoms with Gasteiger partial charge in [0, 0.05) is 60.6 Å². The van der Waals surface area contributed by atoms with Crippen molar-refractivity contribution in [2.24, 2.45) is 0 Å². The van der Waals surface area contributed by atoms with Gasteiger partial charge in [-0.3, -0.25) is 0 Å². The van der Waals surface area contributed by atoms with Crippen molar-refractivity contribution in [3.8, 4) is 0 Å². The Kier molecular flexibility index (Phi) is 13.0. The van der Waals surface area contributed by atoms with Gasteiger partial charge >= 0.3 is 11.3 Å². The molecule has 0 spiro atoms. The van der Waals surface area contributed by atoms with Gasteiger partial charge in [0.1, 0.15) is 31.4 Å². The van der Waals surface area contributed by atoms with E-state index in [0.717, 1.165) is 45.9 Å². The van der Waals surface area contributed by atoms with Crippen LogP contribution in [0.15, 0.2) is 67.0 Å². The summed E-state index contributed by atoms with van der Waals surface area (Å²) >= 11 is 13.7. The number of thiocarbonyl (C=S) groups is 2. The fourth-order valence-electron chi connectivity index (χ4n) is 4.06. The summed E-state index contributed by atoms with van der Waals surface area (Å²) in [6, 6.07) is 11.1. The zero-order valence-corrected chi connectivity index (χ0v) is 27.0. The van der Waals surface area contributed by atoms with Gasteiger partial charge in [-0.25, -0.2) is 18.4 Å². The Morgan fingerprint density at radius 3 is 1.36 bits per heavy atom. The van der Waals surface area contributed by atoms with Crippen molar-refractivity contribution in [2.45, 2.75) is 39.2 Å². The Labute approximate surface area is 262 Å². The summed E-state index contributed by atoms with van der Waals surface area (Å²) in [4.78, 5) is 27.3. The first-order valence-electron chi connectivity index (χ1n) is 13.4. The van der Waals surface area contributed by atoms with E-state index >= 15 is 0 Å². The maximum absolute atomic E-state index is 13.4. The highest BCUT2D eigenvalue weighted by molar-refractivity contribution is 8.22. The summed E-state index contributed by atoms with van der Waals surface area (Å²) in [7, 11) is 0. The Bertz CT molecular complexity index is 1540. The maximum atomic E-state index is 13.4. The molecule has 0 amide bonds. The first kappa shape index (κ1) is 33.7. The lowest BCUT2D eigenvalue weighted by Gasteiger charge is -2.20. The third-order valence-corrected chi connectivity index (χ3v) is 9.47. The van der Waals surface area contributed by atoms with Crippen LogP contribution in [-0.2, 0) is 11.5 Å². The zero-order valence-electron chi connectivity index (χ0n) is 23.8. The molecule has 224 valence electrons. The topological polar surface area (TPSA) is 66.9 Å². The third-order valence-electron chi connectivity index (χ3n) is 6.33. The minimum atomic E-state index is -0.432. The lowest BCUT2D eigenvalue weighted by Crippen LogP contribution is -2.26. The number of thioether (sulfide) groups is 2. The van der Waals surface area contributed by atoms with Gasteiger partial charge in [0.25, 0.3) is 0 Å². The molecule has 12 heteroatoms. The SMILES string of the molecule is CCN(CC)C(=S)SCc1cc(=O)oc2ccc(F)cc12.CCN(CC)C(=S)SCc1cc(=O)oc2ccc(F)cc12. The summed E-state index contributed by atoms with van der Waals surface area (Å²) < 4.78 is 38.5. The lowest BCUT2D eigenvalue weighted by molar-refractivity contribution is 0.482. The van der Waals surface area contributed by atoms with Gasteiger partial charge in [0.05, 0.1) is 0 Å². The smallest absolute Gasteiger partial charge is 0.336 e. The van der Waals surface area contributed by atoms with Crippen LogP contribution < -0.4 is 11.3 Å². The molecule has 0 bridgehead atoms. The summed E-state index contributed by atoms with van der Waals surface area (Å²) in [6.45, 7) is 11.5. The first-order chi connectivity index (χ1) is 20.1. The molecule has 0 N–H and O–H groups in total. The number of nitrogens with zero attached hydrogens (tertiary/aromatic N) is 2. The van der Waals surface area contributed by atoms with Gasteiger partial charge < -0.3 is 18.6 Å². The quantitative estimate of drug-likeness (QED) is 0.141. The molecule has 0 atom stereocenters. The van der Waals surface area contributed by atoms with Crippen molar-refractivity contribution < 1.29 is 17.6 Å². The van der Waals surface area contributed by atoms with Gasteiger partial charge in [0.2, 0.25) is 0 Å². The van der Waals surface area contributed by atoms with Crippen LogP contribution in [0.25, 0.3) is 21.9 Å². The second-order valence-electron chi connectivity index (χ2n) is 8.92. The molecule has 4 rings (SSSR count). The molecule has 2 aromatic heterocycles. The Morgan fingerprint density at radius 2 is 1.02 bits per heavy atom. The van der Waals surface area contributed by atoms with Crippen LogP contribution in [0.2, 0.25) is 0 Å². The maximum Gasteiger partial charge on any atom is 0.336 e. The standard InChI is InChI=1S/2C15H16FNO2S2/c2*1-3-17(4-2)15(20)21-9-10-7-14(18)19-13-6-5-11(16)8-12(10)13/h2*5-8H,3-4,9H2,1-2H3. The van der Waals surface area contributed by atoms with Crippen LogP contribution in [-0.4, -0.2) is 44.6 Å². The van der Waals surface area contributed by atoms with Gasteiger partial charge in [-0.2, -0.15) is 0 Å². The van der Waals surface area contributed by atoms with Crippen molar-refractivity contribution in [3.05, 3.63) is 92.1 Å². The van der Waals surface area contributed by atoms with E-state index in [1.165, 1.54) is 72.1 Å². The molecule has 0 saturated heterocycles. The Hall–Kier alpha value is -2.80. The molecule has 6 nitrogen and oxygen atoms in total. The monoisotopic (exact) mass is 650 g/mol. The number of rotatable bonds is 8. The van der Waals surface area contributed by atoms with E-state index in [4.69, 9.17) is 33.3 Å². The normalized spacial score (nSPS) is 10.8. The second kappa shape index (κ2) is 16.2. The van der Waals surface area contributed by atoms with Gasteiger partial charge in [0.15, 0.2) is 0 Å². The molecule has 0 aliphatic heterocycles. The Balaban J connectivity index is 0.000000230. The highest BCUT2D eigenvalue weighted by atomic mass is 32.2. The predicted octanol–water partition coefficient (Wildman–Crippen LogP) is 7.58. The third kappa shape index (κ3) is 9.10. The largest absolute Gasteiger partial charge is 0.423 e. The lowest BCUT2D eigenvalue weighted by atomic mass is 10.1. The molecule has 0 aliphatic carbocycles. The van der Waals surface area contributed by atoms with Crippen LogP contribution in [0.5, 0.6) is 0 Å². The van der Waals surface area contributed by atoms with Crippen LogP contribution in [0, 0.1) is 11.6 Å². The average molecular weight is 651 g/mol. The fourth-order valence-corrected chi connectivity index (χ4v) is 6.85. The minimum absolute atomic E-state index is 0.353. The molecule has 0 unspecified atom stereocenters. The summed E-state index contributed by atoms with van der Waals surface area (Å²) in [6.07, 6.45) is 0. The van der Waals surface area contributed by atoms with Gasteiger partial charge in [-0.15, -0.1) is 0 Å². The molecule has 0 aliphatic rings. The number of benzene rings is 2. The number of halogens is 2. The van der Waals surface area contributed by atoms with E-state index in [2.05, 4.69) is 9.80 Å². The van der Waals surface area contributed by atoms with Crippen LogP contribution in [0.3, 0.4) is 0 Å². The van der Waals surface area contributed by atoms with Gasteiger partial charge in [-0.1, -0.05) is 48.0 Å². The molecule has 2 heterocycles. The van der Waals surface area contributed by atoms with E-state index in [1.807, 2.05) is 27.7 Å². The summed E-state index contributed by atoms with van der Waals surface area (Å²) in [5.41, 5.74) is 1.40. The van der Waals surface area contributed by atoms with Gasteiger partial charge in [-0.05, 0) is 75.2 Å². The summed E-state index contributed by atoms with van der Waals surface area (Å²) in [5, 5.41) is 1.23. The minimum Gasteiger partial charge on any atom is -0.423 e. The molecule has 42 heavy (non-hydrogen) atoms. The van der Waals surface area contributed by atoms with Crippen LogP contribution >= 0.6 is 48.0 Å².